The van der Waals surface area contributed by atoms with Gasteiger partial charge in [-0.25, -0.2) is 4.39 Å². The Morgan fingerprint density at radius 3 is 2.81 bits per heavy atom. The molecule has 1 saturated heterocycles. The molecule has 1 saturated carbocycles. The molecule has 1 aromatic carbocycles. The number of methoxy groups -OCH3 is 1. The number of rotatable bonds is 9. The fourth-order valence-electron chi connectivity index (χ4n) is 5.78. The zero-order valence-electron chi connectivity index (χ0n) is 19.0. The summed E-state index contributed by atoms with van der Waals surface area (Å²) in [5.41, 5.74) is 1.40. The van der Waals surface area contributed by atoms with Crippen molar-refractivity contribution >= 4 is 16.9 Å². The van der Waals surface area contributed by atoms with Gasteiger partial charge in [0.15, 0.2) is 0 Å². The largest absolute Gasteiger partial charge is 0.497 e. The average Bonchev–Trinajstić information content (AvgIpc) is 3.30. The maximum atomic E-state index is 15.4. The molecule has 2 fully saturated rings. The lowest BCUT2D eigenvalue weighted by Gasteiger charge is -2.39. The number of ether oxygens (including phenoxy) is 1. The molecule has 1 aliphatic heterocycles. The molecule has 4 rings (SSSR count). The number of carboxylic acids is 1. The van der Waals surface area contributed by atoms with Crippen molar-refractivity contribution in [2.45, 2.75) is 57.5 Å². The van der Waals surface area contributed by atoms with Gasteiger partial charge in [-0.05, 0) is 86.2 Å². The van der Waals surface area contributed by atoms with E-state index in [0.29, 0.717) is 24.2 Å². The van der Waals surface area contributed by atoms with E-state index in [-0.39, 0.29) is 18.3 Å². The minimum Gasteiger partial charge on any atom is -0.497 e. The van der Waals surface area contributed by atoms with Crippen LogP contribution >= 0.6 is 0 Å². The van der Waals surface area contributed by atoms with Gasteiger partial charge < -0.3 is 14.7 Å². The fourth-order valence-corrected chi connectivity index (χ4v) is 5.78. The van der Waals surface area contributed by atoms with E-state index in [1.807, 2.05) is 18.2 Å². The number of carboxylic acid groups (broad SMARTS) is 1. The Balaban J connectivity index is 1.40. The lowest BCUT2D eigenvalue weighted by molar-refractivity contribution is -0.139. The number of likely N-dealkylation sites (tertiary alicyclic amines) is 1. The van der Waals surface area contributed by atoms with Crippen LogP contribution in [0.1, 0.15) is 63.1 Å². The van der Waals surface area contributed by atoms with Crippen LogP contribution in [0.25, 0.3) is 10.9 Å². The molecule has 3 atom stereocenters. The summed E-state index contributed by atoms with van der Waals surface area (Å²) >= 11 is 0. The fraction of sp³-hybridized carbons (Fsp3) is 0.615. The predicted molar refractivity (Wildman–Crippen MR) is 124 cm³/mol. The third kappa shape index (κ3) is 5.58. The molecule has 1 aromatic heterocycles. The number of carbonyl (C=O) groups is 1. The molecule has 1 aliphatic carbocycles. The highest BCUT2D eigenvalue weighted by Crippen LogP contribution is 2.37. The first-order valence-electron chi connectivity index (χ1n) is 12.0. The second kappa shape index (κ2) is 10.6. The van der Waals surface area contributed by atoms with Crippen molar-refractivity contribution in [3.8, 4) is 5.75 Å². The van der Waals surface area contributed by atoms with Crippen molar-refractivity contribution < 1.29 is 19.0 Å². The van der Waals surface area contributed by atoms with Gasteiger partial charge in [-0.3, -0.25) is 9.78 Å². The number of aromatic nitrogens is 1. The Bertz CT molecular complexity index is 915. The number of fused-ring (bicyclic) bond motifs is 1. The normalized spacial score (nSPS) is 23.4. The van der Waals surface area contributed by atoms with Gasteiger partial charge in [0.05, 0.1) is 12.6 Å². The average molecular weight is 443 g/mol. The summed E-state index contributed by atoms with van der Waals surface area (Å²) in [6.07, 6.45) is 8.07. The van der Waals surface area contributed by atoms with Crippen LogP contribution in [-0.2, 0) is 4.79 Å². The van der Waals surface area contributed by atoms with Crippen molar-refractivity contribution in [1.29, 1.82) is 0 Å². The molecule has 2 aliphatic rings. The number of alkyl halides is 1. The molecule has 0 spiro atoms. The van der Waals surface area contributed by atoms with Crippen molar-refractivity contribution in [2.75, 3.05) is 26.7 Å². The molecular formula is C26H35FN2O3. The summed E-state index contributed by atoms with van der Waals surface area (Å²) < 4.78 is 20.7. The number of piperidine rings is 1. The zero-order chi connectivity index (χ0) is 22.5. The minimum absolute atomic E-state index is 0.101. The Morgan fingerprint density at radius 2 is 2.06 bits per heavy atom. The Kier molecular flexibility index (Phi) is 7.61. The van der Waals surface area contributed by atoms with Crippen molar-refractivity contribution in [2.24, 2.45) is 17.8 Å². The van der Waals surface area contributed by atoms with E-state index < -0.39 is 12.1 Å². The van der Waals surface area contributed by atoms with Gasteiger partial charge in [-0.15, -0.1) is 0 Å². The van der Waals surface area contributed by atoms with Gasteiger partial charge in [0.1, 0.15) is 11.9 Å². The molecule has 174 valence electrons. The molecule has 0 radical (unpaired) electrons. The van der Waals surface area contributed by atoms with Crippen LogP contribution < -0.4 is 4.74 Å². The summed E-state index contributed by atoms with van der Waals surface area (Å²) in [6, 6.07) is 7.29. The van der Waals surface area contributed by atoms with Gasteiger partial charge in [0, 0.05) is 31.1 Å². The third-order valence-corrected chi connectivity index (χ3v) is 7.51. The molecule has 0 bridgehead atoms. The topological polar surface area (TPSA) is 62.7 Å². The van der Waals surface area contributed by atoms with E-state index in [4.69, 9.17) is 4.74 Å². The maximum Gasteiger partial charge on any atom is 0.303 e. The van der Waals surface area contributed by atoms with Crippen LogP contribution in [0, 0.1) is 17.8 Å². The van der Waals surface area contributed by atoms with E-state index in [2.05, 4.69) is 9.88 Å². The van der Waals surface area contributed by atoms with E-state index in [1.165, 1.54) is 25.7 Å². The molecule has 2 aromatic rings. The molecule has 6 heteroatoms. The molecule has 32 heavy (non-hydrogen) atoms. The summed E-state index contributed by atoms with van der Waals surface area (Å²) in [5, 5.41) is 10.3. The SMILES string of the molecule is COc1ccc2nccc(C(F)CC[C@@H]3CCN(CC4CCCC4)C[C@@H]3CC(=O)O)c2c1. The van der Waals surface area contributed by atoms with E-state index in [9.17, 15) is 9.90 Å². The van der Waals surface area contributed by atoms with E-state index in [0.717, 1.165) is 42.9 Å². The van der Waals surface area contributed by atoms with Crippen LogP contribution in [0.15, 0.2) is 30.5 Å². The summed E-state index contributed by atoms with van der Waals surface area (Å²) in [4.78, 5) is 18.3. The molecule has 1 unspecified atom stereocenters. The maximum absolute atomic E-state index is 15.4. The summed E-state index contributed by atoms with van der Waals surface area (Å²) in [5.74, 6) is 1.07. The van der Waals surface area contributed by atoms with Crippen LogP contribution in [0.3, 0.4) is 0 Å². The lowest BCUT2D eigenvalue weighted by Crippen LogP contribution is -2.43. The van der Waals surface area contributed by atoms with Crippen molar-refractivity contribution in [1.82, 2.24) is 9.88 Å². The minimum atomic E-state index is -1.10. The van der Waals surface area contributed by atoms with E-state index in [1.54, 1.807) is 19.4 Å². The lowest BCUT2D eigenvalue weighted by atomic mass is 9.79. The first kappa shape index (κ1) is 23.0. The highest BCUT2D eigenvalue weighted by Gasteiger charge is 2.32. The molecule has 2 heterocycles. The third-order valence-electron chi connectivity index (χ3n) is 7.51. The quantitative estimate of drug-likeness (QED) is 0.545. The van der Waals surface area contributed by atoms with Gasteiger partial charge in [0.25, 0.3) is 0 Å². The van der Waals surface area contributed by atoms with Crippen LogP contribution in [0.4, 0.5) is 4.39 Å². The molecule has 5 nitrogen and oxygen atoms in total. The Labute approximate surface area is 190 Å². The number of benzene rings is 1. The van der Waals surface area contributed by atoms with Crippen molar-refractivity contribution in [3.05, 3.63) is 36.0 Å². The monoisotopic (exact) mass is 442 g/mol. The van der Waals surface area contributed by atoms with Crippen LogP contribution in [0.5, 0.6) is 5.75 Å². The van der Waals surface area contributed by atoms with Crippen LogP contribution in [0.2, 0.25) is 0 Å². The Hall–Kier alpha value is -2.21. The summed E-state index contributed by atoms with van der Waals surface area (Å²) in [7, 11) is 1.60. The van der Waals surface area contributed by atoms with E-state index >= 15 is 4.39 Å². The second-order valence-electron chi connectivity index (χ2n) is 9.64. The first-order chi connectivity index (χ1) is 15.5. The second-order valence-corrected chi connectivity index (χ2v) is 9.64. The van der Waals surface area contributed by atoms with Gasteiger partial charge >= 0.3 is 5.97 Å². The zero-order valence-corrected chi connectivity index (χ0v) is 19.0. The number of hydrogen-bond acceptors (Lipinski definition) is 4. The molecule has 1 N–H and O–H groups in total. The van der Waals surface area contributed by atoms with Gasteiger partial charge in [-0.1, -0.05) is 12.8 Å². The van der Waals surface area contributed by atoms with Gasteiger partial charge in [-0.2, -0.15) is 0 Å². The first-order valence-corrected chi connectivity index (χ1v) is 12.0. The highest BCUT2D eigenvalue weighted by molar-refractivity contribution is 5.83. The Morgan fingerprint density at radius 1 is 1.25 bits per heavy atom. The number of halogens is 1. The van der Waals surface area contributed by atoms with Crippen LogP contribution in [-0.4, -0.2) is 47.7 Å². The number of nitrogens with zero attached hydrogens (tertiary/aromatic N) is 2. The highest BCUT2D eigenvalue weighted by atomic mass is 19.1. The smallest absolute Gasteiger partial charge is 0.303 e. The van der Waals surface area contributed by atoms with Crippen molar-refractivity contribution in [3.63, 3.8) is 0 Å². The number of hydrogen-bond donors (Lipinski definition) is 1. The number of aliphatic carboxylic acids is 1. The van der Waals surface area contributed by atoms with Gasteiger partial charge in [0.2, 0.25) is 0 Å². The standard InChI is InChI=1S/C26H35FN2O3/c1-32-21-7-9-25-23(15-21)22(10-12-28-25)24(27)8-6-19-11-13-29(16-18-4-2-3-5-18)17-20(19)14-26(30)31/h7,9-10,12,15,18-20,24H,2-6,8,11,13-14,16-17H2,1H3,(H,30,31)/t19-,20+,24?/m1/s1. The predicted octanol–water partition coefficient (Wildman–Crippen LogP) is 5.64. The number of pyridine rings is 1. The molecule has 0 amide bonds. The summed E-state index contributed by atoms with van der Waals surface area (Å²) in [6.45, 7) is 2.93. The molecular weight excluding hydrogens is 407 g/mol.